The second-order valence-electron chi connectivity index (χ2n) is 5.44. The van der Waals surface area contributed by atoms with Crippen LogP contribution in [0.2, 0.25) is 0 Å². The molecule has 0 amide bonds. The van der Waals surface area contributed by atoms with Crippen LogP contribution in [-0.4, -0.2) is 4.98 Å². The van der Waals surface area contributed by atoms with Gasteiger partial charge < -0.3 is 15.5 Å². The quantitative estimate of drug-likeness (QED) is 0.510. The van der Waals surface area contributed by atoms with Crippen molar-refractivity contribution in [2.75, 3.05) is 5.73 Å². The molecule has 23 heavy (non-hydrogen) atoms. The highest BCUT2D eigenvalue weighted by molar-refractivity contribution is 5.95. The van der Waals surface area contributed by atoms with Crippen molar-refractivity contribution in [2.45, 2.75) is 0 Å². The fourth-order valence-electron chi connectivity index (χ4n) is 2.70. The molecule has 0 aliphatic carbocycles. The van der Waals surface area contributed by atoms with Crippen molar-refractivity contribution in [3.05, 3.63) is 78.9 Å². The number of para-hydroxylation sites is 1. The molecule has 3 N–H and O–H groups in total. The summed E-state index contributed by atoms with van der Waals surface area (Å²) < 4.78 is 5.89. The molecule has 112 valence electrons. The van der Waals surface area contributed by atoms with E-state index >= 15 is 0 Å². The van der Waals surface area contributed by atoms with Crippen LogP contribution in [0, 0.1) is 0 Å². The van der Waals surface area contributed by atoms with Crippen LogP contribution in [0.4, 0.5) is 5.69 Å². The molecule has 3 aromatic carbocycles. The van der Waals surface area contributed by atoms with E-state index in [1.807, 2.05) is 60.7 Å². The van der Waals surface area contributed by atoms with Crippen LogP contribution in [0.1, 0.15) is 0 Å². The van der Waals surface area contributed by atoms with Gasteiger partial charge in [0.2, 0.25) is 0 Å². The van der Waals surface area contributed by atoms with E-state index in [1.165, 1.54) is 0 Å². The van der Waals surface area contributed by atoms with E-state index in [9.17, 15) is 0 Å². The van der Waals surface area contributed by atoms with Crippen molar-refractivity contribution in [1.82, 2.24) is 4.98 Å². The maximum Gasteiger partial charge on any atom is 0.130 e. The first-order chi connectivity index (χ1) is 11.3. The van der Waals surface area contributed by atoms with Crippen LogP contribution in [0.25, 0.3) is 22.2 Å². The van der Waals surface area contributed by atoms with Crippen LogP contribution >= 0.6 is 0 Å². The van der Waals surface area contributed by atoms with Crippen molar-refractivity contribution in [2.24, 2.45) is 0 Å². The first-order valence-corrected chi connectivity index (χ1v) is 7.50. The monoisotopic (exact) mass is 300 g/mol. The van der Waals surface area contributed by atoms with E-state index in [4.69, 9.17) is 10.5 Å². The number of hydrogen-bond acceptors (Lipinski definition) is 2. The average molecular weight is 300 g/mol. The molecule has 3 nitrogen and oxygen atoms in total. The van der Waals surface area contributed by atoms with Gasteiger partial charge in [-0.05, 0) is 29.8 Å². The van der Waals surface area contributed by atoms with Gasteiger partial charge in [0.05, 0.1) is 11.2 Å². The van der Waals surface area contributed by atoms with E-state index in [1.54, 1.807) is 0 Å². The van der Waals surface area contributed by atoms with Crippen molar-refractivity contribution >= 4 is 16.6 Å². The summed E-state index contributed by atoms with van der Waals surface area (Å²) in [5.74, 6) is 1.53. The molecular weight excluding hydrogens is 284 g/mol. The highest BCUT2D eigenvalue weighted by Crippen LogP contribution is 2.33. The number of ether oxygens (including phenoxy) is 1. The Balaban J connectivity index is 1.75. The van der Waals surface area contributed by atoms with E-state index in [-0.39, 0.29) is 0 Å². The Labute approximate surface area is 134 Å². The molecule has 0 radical (unpaired) electrons. The fourth-order valence-corrected chi connectivity index (χ4v) is 2.70. The van der Waals surface area contributed by atoms with Crippen molar-refractivity contribution in [3.63, 3.8) is 0 Å². The van der Waals surface area contributed by atoms with Crippen molar-refractivity contribution in [1.29, 1.82) is 0 Å². The number of nitrogen functional groups attached to an aromatic ring is 1. The summed E-state index contributed by atoms with van der Waals surface area (Å²) in [7, 11) is 0. The van der Waals surface area contributed by atoms with Crippen molar-refractivity contribution < 1.29 is 4.74 Å². The standard InChI is InChI=1S/C20H16N2O/c21-18-13-17(23-16-9-5-2-6-10-16)11-15-12-19(22-20(15)18)14-7-3-1-4-8-14/h1-13,22H,21H2. The summed E-state index contributed by atoms with van der Waals surface area (Å²) in [6.45, 7) is 0. The van der Waals surface area contributed by atoms with Gasteiger partial charge in [-0.3, -0.25) is 0 Å². The van der Waals surface area contributed by atoms with E-state index in [2.05, 4.69) is 23.2 Å². The predicted octanol–water partition coefficient (Wildman–Crippen LogP) is 5.21. The highest BCUT2D eigenvalue weighted by Gasteiger charge is 2.08. The molecule has 4 aromatic rings. The molecule has 0 fully saturated rings. The molecule has 0 saturated heterocycles. The SMILES string of the molecule is Nc1cc(Oc2ccccc2)cc2cc(-c3ccccc3)[nH]c12. The number of benzene rings is 3. The molecular formula is C20H16N2O. The minimum atomic E-state index is 0.676. The summed E-state index contributed by atoms with van der Waals surface area (Å²) >= 11 is 0. The van der Waals surface area contributed by atoms with Gasteiger partial charge in [0.1, 0.15) is 11.5 Å². The third kappa shape index (κ3) is 2.64. The zero-order valence-electron chi connectivity index (χ0n) is 12.5. The molecule has 1 aromatic heterocycles. The number of aromatic nitrogens is 1. The van der Waals surface area contributed by atoms with Crippen LogP contribution in [-0.2, 0) is 0 Å². The summed E-state index contributed by atoms with van der Waals surface area (Å²) in [6, 6.07) is 25.8. The van der Waals surface area contributed by atoms with Gasteiger partial charge in [0, 0.05) is 17.1 Å². The van der Waals surface area contributed by atoms with Crippen LogP contribution in [0.3, 0.4) is 0 Å². The van der Waals surface area contributed by atoms with E-state index in [0.717, 1.165) is 33.7 Å². The predicted molar refractivity (Wildman–Crippen MR) is 94.7 cm³/mol. The number of hydrogen-bond donors (Lipinski definition) is 2. The largest absolute Gasteiger partial charge is 0.457 e. The number of nitrogens with one attached hydrogen (secondary N) is 1. The molecule has 0 unspecified atom stereocenters. The van der Waals surface area contributed by atoms with Crippen LogP contribution in [0.15, 0.2) is 78.9 Å². The Hall–Kier alpha value is -3.20. The van der Waals surface area contributed by atoms with Gasteiger partial charge in [0.25, 0.3) is 0 Å². The van der Waals surface area contributed by atoms with Crippen LogP contribution < -0.4 is 10.5 Å². The van der Waals surface area contributed by atoms with Gasteiger partial charge in [-0.2, -0.15) is 0 Å². The lowest BCUT2D eigenvalue weighted by atomic mass is 10.1. The average Bonchev–Trinajstić information content (AvgIpc) is 3.01. The Bertz CT molecular complexity index is 943. The summed E-state index contributed by atoms with van der Waals surface area (Å²) in [4.78, 5) is 3.39. The molecule has 0 saturated carbocycles. The Morgan fingerprint density at radius 2 is 1.43 bits per heavy atom. The smallest absolute Gasteiger partial charge is 0.130 e. The lowest BCUT2D eigenvalue weighted by Gasteiger charge is -2.07. The first kappa shape index (κ1) is 13.5. The number of nitrogens with two attached hydrogens (primary N) is 1. The molecule has 0 aliphatic heterocycles. The maximum atomic E-state index is 6.19. The van der Waals surface area contributed by atoms with Gasteiger partial charge in [0.15, 0.2) is 0 Å². The minimum absolute atomic E-state index is 0.676. The number of aromatic amines is 1. The van der Waals surface area contributed by atoms with E-state index < -0.39 is 0 Å². The summed E-state index contributed by atoms with van der Waals surface area (Å²) in [6.07, 6.45) is 0. The van der Waals surface area contributed by atoms with E-state index in [0.29, 0.717) is 5.69 Å². The normalized spacial score (nSPS) is 10.8. The molecule has 0 aliphatic rings. The number of anilines is 1. The molecule has 1 heterocycles. The topological polar surface area (TPSA) is 51.0 Å². The molecule has 4 rings (SSSR count). The minimum Gasteiger partial charge on any atom is -0.457 e. The van der Waals surface area contributed by atoms with Gasteiger partial charge >= 0.3 is 0 Å². The van der Waals surface area contributed by atoms with Crippen molar-refractivity contribution in [3.8, 4) is 22.8 Å². The van der Waals surface area contributed by atoms with Gasteiger partial charge in [-0.25, -0.2) is 0 Å². The zero-order chi connectivity index (χ0) is 15.6. The lowest BCUT2D eigenvalue weighted by molar-refractivity contribution is 0.484. The third-order valence-electron chi connectivity index (χ3n) is 3.80. The van der Waals surface area contributed by atoms with Gasteiger partial charge in [-0.1, -0.05) is 48.5 Å². The Kier molecular flexibility index (Phi) is 3.24. The summed E-state index contributed by atoms with van der Waals surface area (Å²) in [5, 5.41) is 1.04. The molecule has 0 atom stereocenters. The number of fused-ring (bicyclic) bond motifs is 1. The molecule has 3 heteroatoms. The first-order valence-electron chi connectivity index (χ1n) is 7.50. The second-order valence-corrected chi connectivity index (χ2v) is 5.44. The van der Waals surface area contributed by atoms with Crippen LogP contribution in [0.5, 0.6) is 11.5 Å². The second kappa shape index (κ2) is 5.54. The number of H-pyrrole nitrogens is 1. The Morgan fingerprint density at radius 1 is 0.739 bits per heavy atom. The zero-order valence-corrected chi connectivity index (χ0v) is 12.5. The highest BCUT2D eigenvalue weighted by atomic mass is 16.5. The van der Waals surface area contributed by atoms with Gasteiger partial charge in [-0.15, -0.1) is 0 Å². The maximum absolute atomic E-state index is 6.19. The molecule has 0 bridgehead atoms. The lowest BCUT2D eigenvalue weighted by Crippen LogP contribution is -1.89. The third-order valence-corrected chi connectivity index (χ3v) is 3.80. The number of rotatable bonds is 3. The summed E-state index contributed by atoms with van der Waals surface area (Å²) in [5.41, 5.74) is 9.98. The molecule has 0 spiro atoms. The Morgan fingerprint density at radius 3 is 2.17 bits per heavy atom. The fraction of sp³-hybridized carbons (Fsp3) is 0.